The third-order valence-corrected chi connectivity index (χ3v) is 7.15. The van der Waals surface area contributed by atoms with Crippen LogP contribution in [0.5, 0.6) is 0 Å². The molecule has 1 fully saturated rings. The molecule has 1 aromatic carbocycles. The highest BCUT2D eigenvalue weighted by Gasteiger charge is 2.32. The molecule has 2 aromatic rings. The maximum absolute atomic E-state index is 12.4. The fraction of sp³-hybridized carbons (Fsp3) is 0.500. The monoisotopic (exact) mass is 395 g/mol. The Hall–Kier alpha value is -1.94. The number of hydrogen-bond donors (Lipinski definition) is 0. The fourth-order valence-electron chi connectivity index (χ4n) is 2.98. The van der Waals surface area contributed by atoms with Gasteiger partial charge in [-0.05, 0) is 42.3 Å². The predicted octanol–water partition coefficient (Wildman–Crippen LogP) is 1.02. The summed E-state index contributed by atoms with van der Waals surface area (Å²) in [6.07, 6.45) is 0.496. The van der Waals surface area contributed by atoms with E-state index >= 15 is 0 Å². The maximum atomic E-state index is 12.4. The minimum Gasteiger partial charge on any atom is -0.341 e. The van der Waals surface area contributed by atoms with E-state index in [1.807, 2.05) is 32.0 Å². The quantitative estimate of drug-likeness (QED) is 0.697. The van der Waals surface area contributed by atoms with Gasteiger partial charge in [0.2, 0.25) is 11.1 Å². The van der Waals surface area contributed by atoms with Crippen LogP contribution in [0.2, 0.25) is 0 Å². The Labute approximate surface area is 156 Å². The summed E-state index contributed by atoms with van der Waals surface area (Å²) in [5, 5.41) is 12.3. The van der Waals surface area contributed by atoms with Gasteiger partial charge in [-0.1, -0.05) is 29.5 Å². The molecule has 0 N–H and O–H groups in total. The van der Waals surface area contributed by atoms with Crippen molar-refractivity contribution in [1.29, 1.82) is 0 Å². The van der Waals surface area contributed by atoms with E-state index in [4.69, 9.17) is 0 Å². The molecule has 1 aliphatic heterocycles. The zero-order chi connectivity index (χ0) is 18.9. The molecule has 0 aliphatic carbocycles. The summed E-state index contributed by atoms with van der Waals surface area (Å²) in [4.78, 5) is 14.0. The highest BCUT2D eigenvalue weighted by molar-refractivity contribution is 7.99. The van der Waals surface area contributed by atoms with Crippen molar-refractivity contribution in [2.75, 3.05) is 24.3 Å². The highest BCUT2D eigenvalue weighted by Crippen LogP contribution is 2.23. The second-order valence-electron chi connectivity index (χ2n) is 6.51. The van der Waals surface area contributed by atoms with Crippen LogP contribution in [0.15, 0.2) is 23.4 Å². The molecule has 1 saturated heterocycles. The summed E-state index contributed by atoms with van der Waals surface area (Å²) < 4.78 is 24.8. The summed E-state index contributed by atoms with van der Waals surface area (Å²) in [5.74, 6) is 0.207. The Morgan fingerprint density at radius 3 is 2.81 bits per heavy atom. The first-order valence-electron chi connectivity index (χ1n) is 8.22. The summed E-state index contributed by atoms with van der Waals surface area (Å²) in [6.45, 7) is 4.00. The molecule has 0 spiro atoms. The van der Waals surface area contributed by atoms with Crippen molar-refractivity contribution >= 4 is 27.5 Å². The SMILES string of the molecule is Cc1ccc(-n2nnnc2SCC(=O)N(C)[C@H]2CCS(=O)(=O)C2)c(C)c1. The molecule has 0 saturated carbocycles. The fourth-order valence-corrected chi connectivity index (χ4v) is 5.56. The predicted molar refractivity (Wildman–Crippen MR) is 99.2 cm³/mol. The van der Waals surface area contributed by atoms with Crippen LogP contribution < -0.4 is 0 Å². The van der Waals surface area contributed by atoms with Crippen LogP contribution in [-0.2, 0) is 14.6 Å². The average Bonchev–Trinajstić information content (AvgIpc) is 3.18. The van der Waals surface area contributed by atoms with Gasteiger partial charge in [-0.3, -0.25) is 4.79 Å². The topological polar surface area (TPSA) is 98.1 Å². The van der Waals surface area contributed by atoms with E-state index in [1.54, 1.807) is 11.7 Å². The normalized spacial score (nSPS) is 18.8. The molecule has 140 valence electrons. The lowest BCUT2D eigenvalue weighted by Crippen LogP contribution is -2.38. The Bertz CT molecular complexity index is 926. The van der Waals surface area contributed by atoms with E-state index in [0.29, 0.717) is 11.6 Å². The number of aromatic nitrogens is 4. The smallest absolute Gasteiger partial charge is 0.233 e. The molecule has 2 heterocycles. The number of nitrogens with zero attached hydrogens (tertiary/aromatic N) is 5. The lowest BCUT2D eigenvalue weighted by Gasteiger charge is -2.23. The molecule has 1 aliphatic rings. The van der Waals surface area contributed by atoms with Crippen molar-refractivity contribution in [2.45, 2.75) is 31.5 Å². The average molecular weight is 396 g/mol. The summed E-state index contributed by atoms with van der Waals surface area (Å²) >= 11 is 1.24. The van der Waals surface area contributed by atoms with Gasteiger partial charge in [-0.25, -0.2) is 8.42 Å². The largest absolute Gasteiger partial charge is 0.341 e. The summed E-state index contributed by atoms with van der Waals surface area (Å²) in [5.41, 5.74) is 3.06. The van der Waals surface area contributed by atoms with Gasteiger partial charge in [0.05, 0.1) is 22.9 Å². The molecule has 0 unspecified atom stereocenters. The third-order valence-electron chi connectivity index (χ3n) is 4.50. The van der Waals surface area contributed by atoms with Gasteiger partial charge >= 0.3 is 0 Å². The number of thioether (sulfide) groups is 1. The molecule has 1 amide bonds. The number of benzene rings is 1. The van der Waals surface area contributed by atoms with Crippen molar-refractivity contribution in [3.8, 4) is 5.69 Å². The summed E-state index contributed by atoms with van der Waals surface area (Å²) in [7, 11) is -1.37. The van der Waals surface area contributed by atoms with E-state index in [9.17, 15) is 13.2 Å². The Balaban J connectivity index is 1.67. The molecule has 10 heteroatoms. The van der Waals surface area contributed by atoms with Gasteiger partial charge in [0, 0.05) is 13.1 Å². The zero-order valence-corrected chi connectivity index (χ0v) is 16.5. The van der Waals surface area contributed by atoms with E-state index in [1.165, 1.54) is 16.7 Å². The second kappa shape index (κ2) is 7.36. The Morgan fingerprint density at radius 2 is 2.15 bits per heavy atom. The Kier molecular flexibility index (Phi) is 5.33. The number of carbonyl (C=O) groups is 1. The van der Waals surface area contributed by atoms with Gasteiger partial charge in [0.25, 0.3) is 0 Å². The molecule has 1 aromatic heterocycles. The molecule has 8 nitrogen and oxygen atoms in total. The van der Waals surface area contributed by atoms with Gasteiger partial charge in [0.15, 0.2) is 9.84 Å². The van der Waals surface area contributed by atoms with Gasteiger partial charge < -0.3 is 4.90 Å². The van der Waals surface area contributed by atoms with E-state index in [-0.39, 0.29) is 29.2 Å². The van der Waals surface area contributed by atoms with E-state index in [2.05, 4.69) is 15.5 Å². The minimum atomic E-state index is -3.02. The minimum absolute atomic E-state index is 0.0419. The van der Waals surface area contributed by atoms with Crippen molar-refractivity contribution in [2.24, 2.45) is 0 Å². The van der Waals surface area contributed by atoms with Crippen LogP contribution in [-0.4, -0.2) is 69.8 Å². The lowest BCUT2D eigenvalue weighted by molar-refractivity contribution is -0.128. The first-order valence-corrected chi connectivity index (χ1v) is 11.0. The number of hydrogen-bond acceptors (Lipinski definition) is 7. The van der Waals surface area contributed by atoms with Crippen LogP contribution in [0.3, 0.4) is 0 Å². The number of aryl methyl sites for hydroxylation is 2. The van der Waals surface area contributed by atoms with Gasteiger partial charge in [0.1, 0.15) is 0 Å². The Morgan fingerprint density at radius 1 is 1.38 bits per heavy atom. The van der Waals surface area contributed by atoms with Crippen LogP contribution in [0, 0.1) is 13.8 Å². The maximum Gasteiger partial charge on any atom is 0.233 e. The summed E-state index contributed by atoms with van der Waals surface area (Å²) in [6, 6.07) is 5.73. The number of tetrazole rings is 1. The molecule has 26 heavy (non-hydrogen) atoms. The van der Waals surface area contributed by atoms with Crippen LogP contribution in [0.4, 0.5) is 0 Å². The van der Waals surface area contributed by atoms with Crippen molar-refractivity contribution in [3.63, 3.8) is 0 Å². The molecule has 0 bridgehead atoms. The molecule has 1 atom stereocenters. The number of carbonyl (C=O) groups excluding carboxylic acids is 1. The zero-order valence-electron chi connectivity index (χ0n) is 14.9. The molecular weight excluding hydrogens is 374 g/mol. The molecular formula is C16H21N5O3S2. The van der Waals surface area contributed by atoms with Gasteiger partial charge in [-0.15, -0.1) is 5.10 Å². The molecule has 3 rings (SSSR count). The molecule has 0 radical (unpaired) electrons. The standard InChI is InChI=1S/C16H21N5O3S2/c1-11-4-5-14(12(2)8-11)21-16(17-18-19-21)25-9-15(22)20(3)13-6-7-26(23,24)10-13/h4-5,8,13H,6-7,9-10H2,1-3H3/t13-/m0/s1. The highest BCUT2D eigenvalue weighted by atomic mass is 32.2. The number of rotatable bonds is 5. The van der Waals surface area contributed by atoms with E-state index < -0.39 is 9.84 Å². The lowest BCUT2D eigenvalue weighted by atomic mass is 10.1. The van der Waals surface area contributed by atoms with Crippen LogP contribution in [0.1, 0.15) is 17.5 Å². The van der Waals surface area contributed by atoms with Crippen molar-refractivity contribution in [1.82, 2.24) is 25.1 Å². The first-order chi connectivity index (χ1) is 12.3. The number of sulfone groups is 1. The van der Waals surface area contributed by atoms with Crippen LogP contribution >= 0.6 is 11.8 Å². The second-order valence-corrected chi connectivity index (χ2v) is 9.68. The van der Waals surface area contributed by atoms with Crippen LogP contribution in [0.25, 0.3) is 5.69 Å². The van der Waals surface area contributed by atoms with Crippen molar-refractivity contribution in [3.05, 3.63) is 29.3 Å². The first kappa shape index (κ1) is 18.8. The van der Waals surface area contributed by atoms with Crippen molar-refractivity contribution < 1.29 is 13.2 Å². The third kappa shape index (κ3) is 4.07. The van der Waals surface area contributed by atoms with Gasteiger partial charge in [-0.2, -0.15) is 4.68 Å². The number of amides is 1. The van der Waals surface area contributed by atoms with E-state index in [0.717, 1.165) is 16.8 Å².